The van der Waals surface area contributed by atoms with Crippen molar-refractivity contribution in [1.82, 2.24) is 10.2 Å². The summed E-state index contributed by atoms with van der Waals surface area (Å²) in [5.74, 6) is 2.55. The van der Waals surface area contributed by atoms with E-state index >= 15 is 0 Å². The summed E-state index contributed by atoms with van der Waals surface area (Å²) in [6.45, 7) is 10.6. The fourth-order valence-corrected chi connectivity index (χ4v) is 3.54. The van der Waals surface area contributed by atoms with E-state index < -0.39 is 0 Å². The zero-order valence-corrected chi connectivity index (χ0v) is 11.8. The molecule has 0 amide bonds. The topological polar surface area (TPSA) is 15.3 Å². The van der Waals surface area contributed by atoms with Gasteiger partial charge in [0.05, 0.1) is 0 Å². The van der Waals surface area contributed by atoms with Gasteiger partial charge in [0.1, 0.15) is 0 Å². The molecule has 0 aromatic heterocycles. The lowest BCUT2D eigenvalue weighted by Crippen LogP contribution is -2.52. The molecule has 0 aromatic rings. The molecule has 1 heterocycles. The summed E-state index contributed by atoms with van der Waals surface area (Å²) in [6, 6.07) is 1.32. The van der Waals surface area contributed by atoms with Gasteiger partial charge in [0.15, 0.2) is 0 Å². The SMILES string of the molecule is C=C(C)CCC(NCC)C1CSCCN1C. The van der Waals surface area contributed by atoms with Crippen molar-refractivity contribution in [3.63, 3.8) is 0 Å². The predicted molar refractivity (Wildman–Crippen MR) is 75.3 cm³/mol. The number of likely N-dealkylation sites (N-methyl/N-ethyl adjacent to an activating group) is 2. The Hall–Kier alpha value is 0.01000. The summed E-state index contributed by atoms with van der Waals surface area (Å²) in [5, 5.41) is 3.64. The zero-order valence-electron chi connectivity index (χ0n) is 11.0. The molecule has 94 valence electrons. The quantitative estimate of drug-likeness (QED) is 0.720. The Morgan fingerprint density at radius 1 is 1.62 bits per heavy atom. The second-order valence-electron chi connectivity index (χ2n) is 4.78. The molecule has 0 radical (unpaired) electrons. The van der Waals surface area contributed by atoms with Gasteiger partial charge >= 0.3 is 0 Å². The van der Waals surface area contributed by atoms with Crippen molar-refractivity contribution in [2.75, 3.05) is 31.6 Å². The summed E-state index contributed by atoms with van der Waals surface area (Å²) in [6.07, 6.45) is 2.37. The first-order valence-electron chi connectivity index (χ1n) is 6.31. The maximum absolute atomic E-state index is 4.00. The average molecular weight is 242 g/mol. The smallest absolute Gasteiger partial charge is 0.0337 e. The molecule has 3 heteroatoms. The molecule has 0 aromatic carbocycles. The second kappa shape index (κ2) is 7.36. The molecule has 1 aliphatic rings. The molecule has 0 bridgehead atoms. The molecule has 1 fully saturated rings. The van der Waals surface area contributed by atoms with E-state index in [1.54, 1.807) is 0 Å². The van der Waals surface area contributed by atoms with Crippen LogP contribution in [-0.2, 0) is 0 Å². The van der Waals surface area contributed by atoms with E-state index in [4.69, 9.17) is 0 Å². The highest BCUT2D eigenvalue weighted by Gasteiger charge is 2.26. The summed E-state index contributed by atoms with van der Waals surface area (Å²) in [7, 11) is 2.26. The molecule has 2 nitrogen and oxygen atoms in total. The third kappa shape index (κ3) is 4.48. The standard InChI is InChI=1S/C13H26N2S/c1-5-14-12(7-6-11(2)3)13-10-16-9-8-15(13)4/h12-14H,2,5-10H2,1,3-4H3. The number of rotatable bonds is 6. The lowest BCUT2D eigenvalue weighted by molar-refractivity contribution is 0.209. The molecular weight excluding hydrogens is 216 g/mol. The van der Waals surface area contributed by atoms with E-state index in [2.05, 4.69) is 49.5 Å². The van der Waals surface area contributed by atoms with Crippen LogP contribution in [0.2, 0.25) is 0 Å². The largest absolute Gasteiger partial charge is 0.313 e. The lowest BCUT2D eigenvalue weighted by atomic mass is 10.0. The number of hydrogen-bond acceptors (Lipinski definition) is 3. The third-order valence-corrected chi connectivity index (χ3v) is 4.30. The minimum absolute atomic E-state index is 0.625. The summed E-state index contributed by atoms with van der Waals surface area (Å²) in [5.41, 5.74) is 1.30. The van der Waals surface area contributed by atoms with Gasteiger partial charge in [0, 0.05) is 30.1 Å². The van der Waals surface area contributed by atoms with Crippen molar-refractivity contribution in [3.05, 3.63) is 12.2 Å². The first-order chi connectivity index (χ1) is 7.65. The minimum atomic E-state index is 0.625. The van der Waals surface area contributed by atoms with Crippen LogP contribution >= 0.6 is 11.8 Å². The van der Waals surface area contributed by atoms with Crippen molar-refractivity contribution < 1.29 is 0 Å². The summed E-state index contributed by atoms with van der Waals surface area (Å²) in [4.78, 5) is 2.52. The van der Waals surface area contributed by atoms with Gasteiger partial charge in [-0.15, -0.1) is 6.58 Å². The van der Waals surface area contributed by atoms with E-state index in [-0.39, 0.29) is 0 Å². The van der Waals surface area contributed by atoms with Crippen LogP contribution in [0.15, 0.2) is 12.2 Å². The van der Waals surface area contributed by atoms with E-state index in [1.807, 2.05) is 0 Å². The minimum Gasteiger partial charge on any atom is -0.313 e. The number of hydrogen-bond donors (Lipinski definition) is 1. The lowest BCUT2D eigenvalue weighted by Gasteiger charge is -2.38. The monoisotopic (exact) mass is 242 g/mol. The fourth-order valence-electron chi connectivity index (χ4n) is 2.22. The first kappa shape index (κ1) is 14.1. The Labute approximate surface area is 105 Å². The van der Waals surface area contributed by atoms with Crippen LogP contribution in [-0.4, -0.2) is 48.6 Å². The number of nitrogens with zero attached hydrogens (tertiary/aromatic N) is 1. The summed E-state index contributed by atoms with van der Waals surface area (Å²) >= 11 is 2.09. The normalized spacial score (nSPS) is 24.3. The number of allylic oxidation sites excluding steroid dienone is 1. The predicted octanol–water partition coefficient (Wildman–Crippen LogP) is 2.37. The van der Waals surface area contributed by atoms with Gasteiger partial charge < -0.3 is 10.2 Å². The van der Waals surface area contributed by atoms with Crippen molar-refractivity contribution >= 4 is 11.8 Å². The maximum atomic E-state index is 4.00. The fraction of sp³-hybridized carbons (Fsp3) is 0.846. The Bertz CT molecular complexity index is 218. The summed E-state index contributed by atoms with van der Waals surface area (Å²) < 4.78 is 0. The van der Waals surface area contributed by atoms with Crippen LogP contribution < -0.4 is 5.32 Å². The molecule has 16 heavy (non-hydrogen) atoms. The number of thioether (sulfide) groups is 1. The first-order valence-corrected chi connectivity index (χ1v) is 7.46. The molecule has 0 spiro atoms. The average Bonchev–Trinajstić information content (AvgIpc) is 2.25. The van der Waals surface area contributed by atoms with Crippen LogP contribution in [0.4, 0.5) is 0 Å². The van der Waals surface area contributed by atoms with E-state index in [1.165, 1.54) is 30.0 Å². The molecule has 0 saturated carbocycles. The van der Waals surface area contributed by atoms with Crippen LogP contribution in [0, 0.1) is 0 Å². The van der Waals surface area contributed by atoms with Gasteiger partial charge in [-0.05, 0) is 33.4 Å². The van der Waals surface area contributed by atoms with Crippen molar-refractivity contribution in [2.24, 2.45) is 0 Å². The number of nitrogens with one attached hydrogen (secondary N) is 1. The molecule has 1 saturated heterocycles. The van der Waals surface area contributed by atoms with E-state index in [0.29, 0.717) is 12.1 Å². The molecule has 2 unspecified atom stereocenters. The molecule has 1 rings (SSSR count). The van der Waals surface area contributed by atoms with Crippen molar-refractivity contribution in [2.45, 2.75) is 38.8 Å². The molecule has 2 atom stereocenters. The maximum Gasteiger partial charge on any atom is 0.0337 e. The van der Waals surface area contributed by atoms with Crippen molar-refractivity contribution in [1.29, 1.82) is 0 Å². The Morgan fingerprint density at radius 3 is 2.94 bits per heavy atom. The Morgan fingerprint density at radius 2 is 2.38 bits per heavy atom. The third-order valence-electron chi connectivity index (χ3n) is 3.26. The van der Waals surface area contributed by atoms with Gasteiger partial charge in [-0.1, -0.05) is 12.5 Å². The van der Waals surface area contributed by atoms with Gasteiger partial charge in [-0.25, -0.2) is 0 Å². The zero-order chi connectivity index (χ0) is 12.0. The van der Waals surface area contributed by atoms with Crippen LogP contribution in [0.5, 0.6) is 0 Å². The Kier molecular flexibility index (Phi) is 6.47. The van der Waals surface area contributed by atoms with Crippen LogP contribution in [0.1, 0.15) is 26.7 Å². The molecule has 1 N–H and O–H groups in total. The van der Waals surface area contributed by atoms with Gasteiger partial charge in [0.25, 0.3) is 0 Å². The second-order valence-corrected chi connectivity index (χ2v) is 5.93. The van der Waals surface area contributed by atoms with Gasteiger partial charge in [0.2, 0.25) is 0 Å². The van der Waals surface area contributed by atoms with Gasteiger partial charge in [-0.2, -0.15) is 11.8 Å². The van der Waals surface area contributed by atoms with E-state index in [9.17, 15) is 0 Å². The highest BCUT2D eigenvalue weighted by atomic mass is 32.2. The van der Waals surface area contributed by atoms with Crippen LogP contribution in [0.25, 0.3) is 0 Å². The highest BCUT2D eigenvalue weighted by molar-refractivity contribution is 7.99. The molecule has 0 aliphatic carbocycles. The molecular formula is C13H26N2S. The van der Waals surface area contributed by atoms with E-state index in [0.717, 1.165) is 13.0 Å². The highest BCUT2D eigenvalue weighted by Crippen LogP contribution is 2.20. The molecule has 1 aliphatic heterocycles. The Balaban J connectivity index is 2.49. The van der Waals surface area contributed by atoms with Gasteiger partial charge in [-0.3, -0.25) is 0 Å². The van der Waals surface area contributed by atoms with Crippen molar-refractivity contribution in [3.8, 4) is 0 Å². The van der Waals surface area contributed by atoms with Crippen LogP contribution in [0.3, 0.4) is 0 Å².